The number of aryl methyl sites for hydroxylation is 2. The third-order valence-electron chi connectivity index (χ3n) is 3.17. The first-order valence-corrected chi connectivity index (χ1v) is 20.8. The molecule has 1 heterocycles. The largest absolute Gasteiger partial charge is 0.320 e. The predicted octanol–water partition coefficient (Wildman–Crippen LogP) is 1.73. The number of aliphatic imine (C=N–C) groups is 1. The van der Waals surface area contributed by atoms with Gasteiger partial charge in [-0.1, -0.05) is 27.4 Å². The summed E-state index contributed by atoms with van der Waals surface area (Å²) in [6.45, 7) is 8.64. The van der Waals surface area contributed by atoms with Gasteiger partial charge in [0, 0.05) is 49.1 Å². The van der Waals surface area contributed by atoms with Crippen molar-refractivity contribution in [2.75, 3.05) is 42.4 Å². The Hall–Kier alpha value is 0.270. The van der Waals surface area contributed by atoms with Crippen LogP contribution in [-0.2, 0) is 14.3 Å². The molecule has 0 aliphatic heterocycles. The number of carbonyl (C=O) groups is 1. The molecule has 1 aromatic heterocycles. The average molecular weight is 821 g/mol. The Morgan fingerprint density at radius 2 is 1.45 bits per heavy atom. The van der Waals surface area contributed by atoms with E-state index in [0.717, 1.165) is 5.84 Å². The second-order valence-electron chi connectivity index (χ2n) is 5.69. The van der Waals surface area contributed by atoms with Gasteiger partial charge in [-0.3, -0.25) is 9.69 Å². The van der Waals surface area contributed by atoms with Gasteiger partial charge in [0.25, 0.3) is 0 Å². The van der Waals surface area contributed by atoms with Crippen LogP contribution in [-0.4, -0.2) is 85.2 Å². The Balaban J connectivity index is -0.0000000538. The summed E-state index contributed by atoms with van der Waals surface area (Å²) in [5.41, 5.74) is 0. The van der Waals surface area contributed by atoms with Crippen LogP contribution < -0.4 is 19.2 Å². The van der Waals surface area contributed by atoms with Crippen molar-refractivity contribution in [3.8, 4) is 0 Å². The van der Waals surface area contributed by atoms with Crippen LogP contribution in [0.4, 0.5) is 0 Å². The van der Waals surface area contributed by atoms with Gasteiger partial charge >= 0.3 is 50.5 Å². The van der Waals surface area contributed by atoms with Crippen molar-refractivity contribution in [2.45, 2.75) is 62.8 Å². The van der Waals surface area contributed by atoms with E-state index in [1.165, 1.54) is 6.92 Å². The van der Waals surface area contributed by atoms with Crippen LogP contribution in [0.3, 0.4) is 0 Å². The Kier molecular flexibility index (Phi) is 49.1. The molecule has 1 amide bonds. The van der Waals surface area contributed by atoms with E-state index in [0.29, 0.717) is 25.0 Å². The minimum atomic E-state index is -0.583. The normalized spacial score (nSPS) is 9.39. The van der Waals surface area contributed by atoms with Crippen molar-refractivity contribution in [1.82, 2.24) is 19.9 Å². The van der Waals surface area contributed by atoms with E-state index in [9.17, 15) is 4.79 Å². The molecule has 0 saturated carbocycles. The summed E-state index contributed by atoms with van der Waals surface area (Å²) in [6, 6.07) is 0. The van der Waals surface area contributed by atoms with Gasteiger partial charge in [-0.15, -0.1) is 0 Å². The minimum absolute atomic E-state index is 0. The number of carbonyl (C=O) groups excluding carboxylic acids is 1. The molecule has 11 nitrogen and oxygen atoms in total. The second kappa shape index (κ2) is 32.3. The number of ether oxygens (including phenoxy) is 2. The van der Waals surface area contributed by atoms with Gasteiger partial charge in [0.1, 0.15) is 5.84 Å². The minimum Gasteiger partial charge on any atom is -0.320 e. The van der Waals surface area contributed by atoms with Crippen LogP contribution in [0.15, 0.2) is 9.52 Å². The van der Waals surface area contributed by atoms with Gasteiger partial charge in [-0.2, -0.15) is 4.98 Å². The van der Waals surface area contributed by atoms with Crippen LogP contribution in [0.1, 0.15) is 54.8 Å². The molecule has 1 rings (SSSR count). The number of hydrogen-bond donors (Lipinski definition) is 2. The van der Waals surface area contributed by atoms with Crippen LogP contribution >= 0.6 is 37.2 Å². The molecule has 1 aromatic rings. The number of nitrogens with zero attached hydrogens (tertiary/aromatic N) is 5. The summed E-state index contributed by atoms with van der Waals surface area (Å²) < 4.78 is 14.7. The Labute approximate surface area is 232 Å². The first kappa shape index (κ1) is 50.2. The van der Waals surface area contributed by atoms with Crippen molar-refractivity contribution in [3.63, 3.8) is 0 Å². The molecule has 0 unspecified atom stereocenters. The topological polar surface area (TPSA) is 140 Å². The fraction of sp³-hybridized carbons (Fsp3) is 0.789. The average Bonchev–Trinajstić information content (AvgIpc) is 3.06. The number of methoxy groups -OCH3 is 2. The van der Waals surface area contributed by atoms with Gasteiger partial charge in [-0.05, 0) is 27.9 Å². The maximum atomic E-state index is 10.3. The molecule has 0 saturated heterocycles. The number of hydrogen-bond acceptors (Lipinski definition) is 9. The Morgan fingerprint density at radius 1 is 1.09 bits per heavy atom. The summed E-state index contributed by atoms with van der Waals surface area (Å²) in [4.78, 5) is 21.5. The standard InChI is InChI=1S/C6H12N2O.C6H15NO2.C4H6N2O.3CH4.I3.H3NO/c1-5(8(3)4)7-6(2)9;1-6(8-4,9-5)7(2)3;1-3-5-4(2)7-6-3;;;;1-3-2;1-2/h1-4H3;1-5H3;1-2H3;3*1H4;;2H,1H2/q;;;;;;-1;. The maximum absolute atomic E-state index is 10.3. The summed E-state index contributed by atoms with van der Waals surface area (Å²) >= 11 is 5.30. The molecule has 33 heavy (non-hydrogen) atoms. The molecule has 0 spiro atoms. The molecule has 3 N–H and O–H groups in total. The molecule has 0 bridgehead atoms. The number of nitrogens with two attached hydrogens (primary N) is 1. The van der Waals surface area contributed by atoms with E-state index in [-0.39, 0.29) is 28.2 Å². The summed E-state index contributed by atoms with van der Waals surface area (Å²) in [5.74, 6) is 4.82. The van der Waals surface area contributed by atoms with E-state index < -0.39 is 5.91 Å². The fourth-order valence-corrected chi connectivity index (χ4v) is 1.18. The fourth-order valence-electron chi connectivity index (χ4n) is 1.18. The van der Waals surface area contributed by atoms with Crippen molar-refractivity contribution >= 4 is 49.0 Å². The van der Waals surface area contributed by atoms with E-state index in [1.54, 1.807) is 39.9 Å². The van der Waals surface area contributed by atoms with Crippen LogP contribution in [0, 0.1) is 13.8 Å². The molecule has 206 valence electrons. The molecule has 0 aliphatic rings. The second-order valence-corrected chi connectivity index (χ2v) is 21.9. The number of halogens is 3. The molecule has 0 fully saturated rings. The van der Waals surface area contributed by atoms with Crippen LogP contribution in [0.25, 0.3) is 0 Å². The van der Waals surface area contributed by atoms with Crippen LogP contribution in [0.2, 0.25) is 0 Å². The third-order valence-corrected chi connectivity index (χ3v) is 3.17. The molecule has 0 aromatic carbocycles. The van der Waals surface area contributed by atoms with Crippen molar-refractivity contribution < 1.29 is 37.3 Å². The maximum Gasteiger partial charge on any atom is -0.219 e. The first-order valence-electron chi connectivity index (χ1n) is 8.21. The zero-order chi connectivity index (χ0) is 24.9. The van der Waals surface area contributed by atoms with Gasteiger partial charge < -0.3 is 24.1 Å². The zero-order valence-electron chi connectivity index (χ0n) is 19.5. The predicted molar refractivity (Wildman–Crippen MR) is 152 cm³/mol. The monoisotopic (exact) mass is 821 g/mol. The third kappa shape index (κ3) is 34.5. The quantitative estimate of drug-likeness (QED) is 0.153. The van der Waals surface area contributed by atoms with Gasteiger partial charge in [0.15, 0.2) is 5.82 Å². The SMILES string of the molecule is C.C.C.CC(=O)N=C(C)N(C)C.COC(C)(OC)N(C)C.Cc1noc(C)n1.I[I-]I.NO. The smallest absolute Gasteiger partial charge is 0.219 e. The molecular weight excluding hydrogens is 773 g/mol. The van der Waals surface area contributed by atoms with Gasteiger partial charge in [-0.25, -0.2) is 10.9 Å². The molecule has 0 radical (unpaired) electrons. The van der Waals surface area contributed by atoms with E-state index >= 15 is 0 Å². The Bertz CT molecular complexity index is 541. The number of amides is 1. The van der Waals surface area contributed by atoms with E-state index in [4.69, 9.17) is 14.7 Å². The molecule has 0 aliphatic carbocycles. The van der Waals surface area contributed by atoms with Crippen molar-refractivity contribution in [1.29, 1.82) is 0 Å². The number of rotatable bonds is 3. The summed E-state index contributed by atoms with van der Waals surface area (Å²) in [6.07, 6.45) is 0. The van der Waals surface area contributed by atoms with Gasteiger partial charge in [0.05, 0.1) is 0 Å². The van der Waals surface area contributed by atoms with Gasteiger partial charge in [0.2, 0.25) is 17.7 Å². The Morgan fingerprint density at radius 3 is 1.52 bits per heavy atom. The number of amidine groups is 1. The summed E-state index contributed by atoms with van der Waals surface area (Å²) in [7, 11) is 10.7. The van der Waals surface area contributed by atoms with E-state index in [2.05, 4.69) is 62.8 Å². The molecular formula is C19H48I3N6O5-. The summed E-state index contributed by atoms with van der Waals surface area (Å²) in [5, 5.41) is 10.0. The van der Waals surface area contributed by atoms with Crippen molar-refractivity contribution in [3.05, 3.63) is 11.7 Å². The first-order chi connectivity index (χ1) is 13.8. The van der Waals surface area contributed by atoms with E-state index in [1.807, 2.05) is 40.0 Å². The number of aromatic nitrogens is 2. The van der Waals surface area contributed by atoms with Crippen molar-refractivity contribution in [2.24, 2.45) is 10.9 Å². The molecule has 0 atom stereocenters. The zero-order valence-corrected chi connectivity index (χ0v) is 26.0. The molecule has 14 heteroatoms. The van der Waals surface area contributed by atoms with Crippen LogP contribution in [0.5, 0.6) is 0 Å².